The van der Waals surface area contributed by atoms with Crippen LogP contribution in [-0.2, 0) is 5.41 Å². The highest BCUT2D eigenvalue weighted by atomic mass is 32.1. The molecule has 0 radical (unpaired) electrons. The zero-order valence-electron chi connectivity index (χ0n) is 11.4. The van der Waals surface area contributed by atoms with Crippen LogP contribution in [-0.4, -0.2) is 5.11 Å². The van der Waals surface area contributed by atoms with Gasteiger partial charge in [-0.25, -0.2) is 0 Å². The Morgan fingerprint density at radius 3 is 2.06 bits per heavy atom. The van der Waals surface area contributed by atoms with Crippen LogP contribution in [0.5, 0.6) is 0 Å². The van der Waals surface area contributed by atoms with Crippen molar-refractivity contribution in [2.45, 2.75) is 39.2 Å². The average molecular weight is 260 g/mol. The van der Waals surface area contributed by atoms with Crippen LogP contribution in [0.1, 0.15) is 47.8 Å². The van der Waals surface area contributed by atoms with E-state index in [-0.39, 0.29) is 5.41 Å². The van der Waals surface area contributed by atoms with Crippen LogP contribution in [0.15, 0.2) is 36.4 Å². The van der Waals surface area contributed by atoms with Crippen LogP contribution in [0.25, 0.3) is 0 Å². The number of rotatable bonds is 2. The van der Waals surface area contributed by atoms with Crippen LogP contribution >= 0.6 is 11.3 Å². The second kappa shape index (κ2) is 4.87. The second-order valence-corrected chi connectivity index (χ2v) is 7.04. The lowest BCUT2D eigenvalue weighted by molar-refractivity contribution is 0.224. The molecule has 0 spiro atoms. The lowest BCUT2D eigenvalue weighted by Crippen LogP contribution is -2.11. The third-order valence-electron chi connectivity index (χ3n) is 3.12. The Balaban J connectivity index is 2.24. The van der Waals surface area contributed by atoms with Crippen LogP contribution in [0.4, 0.5) is 0 Å². The molecule has 0 amide bonds. The van der Waals surface area contributed by atoms with E-state index in [1.54, 1.807) is 11.3 Å². The van der Waals surface area contributed by atoms with E-state index in [1.165, 1.54) is 10.4 Å². The quantitative estimate of drug-likeness (QED) is 0.846. The summed E-state index contributed by atoms with van der Waals surface area (Å²) < 4.78 is 0. The van der Waals surface area contributed by atoms with Crippen molar-refractivity contribution in [1.82, 2.24) is 0 Å². The molecule has 1 N–H and O–H groups in total. The topological polar surface area (TPSA) is 20.2 Å². The summed E-state index contributed by atoms with van der Waals surface area (Å²) in [6.07, 6.45) is -0.502. The van der Waals surface area contributed by atoms with Gasteiger partial charge in [0.1, 0.15) is 6.10 Å². The lowest BCUT2D eigenvalue weighted by Gasteiger charge is -2.19. The predicted molar refractivity (Wildman–Crippen MR) is 78.3 cm³/mol. The third-order valence-corrected chi connectivity index (χ3v) is 4.18. The normalized spacial score (nSPS) is 13.6. The summed E-state index contributed by atoms with van der Waals surface area (Å²) in [5.41, 5.74) is 2.41. The van der Waals surface area contributed by atoms with Gasteiger partial charge in [-0.2, -0.15) is 0 Å². The predicted octanol–water partition coefficient (Wildman–Crippen LogP) is 4.44. The Bertz CT molecular complexity index is 517. The zero-order valence-corrected chi connectivity index (χ0v) is 12.2. The Morgan fingerprint density at radius 2 is 1.61 bits per heavy atom. The van der Waals surface area contributed by atoms with Crippen molar-refractivity contribution in [3.63, 3.8) is 0 Å². The van der Waals surface area contributed by atoms with Gasteiger partial charge in [-0.3, -0.25) is 0 Å². The Kier molecular flexibility index (Phi) is 3.60. The summed E-state index contributed by atoms with van der Waals surface area (Å²) in [4.78, 5) is 2.24. The minimum Gasteiger partial charge on any atom is -0.383 e. The van der Waals surface area contributed by atoms with E-state index in [9.17, 15) is 5.11 Å². The highest BCUT2D eigenvalue weighted by molar-refractivity contribution is 7.12. The van der Waals surface area contributed by atoms with Crippen LogP contribution in [0, 0.1) is 6.92 Å². The number of aliphatic hydroxyl groups is 1. The fourth-order valence-electron chi connectivity index (χ4n) is 1.93. The van der Waals surface area contributed by atoms with Crippen molar-refractivity contribution < 1.29 is 5.11 Å². The van der Waals surface area contributed by atoms with Gasteiger partial charge in [0.2, 0.25) is 0 Å². The molecule has 2 rings (SSSR count). The molecule has 0 fully saturated rings. The number of aryl methyl sites for hydroxylation is 1. The van der Waals surface area contributed by atoms with Gasteiger partial charge >= 0.3 is 0 Å². The minimum absolute atomic E-state index is 0.156. The standard InChI is InChI=1S/C16H20OS/c1-11-5-10-14(18-11)15(17)12-6-8-13(9-7-12)16(2,3)4/h5-10,15,17H,1-4H3. The summed E-state index contributed by atoms with van der Waals surface area (Å²) in [5, 5.41) is 10.3. The summed E-state index contributed by atoms with van der Waals surface area (Å²) in [5.74, 6) is 0. The van der Waals surface area contributed by atoms with Gasteiger partial charge in [0, 0.05) is 9.75 Å². The van der Waals surface area contributed by atoms with Gasteiger partial charge in [-0.1, -0.05) is 45.0 Å². The summed E-state index contributed by atoms with van der Waals surface area (Å²) in [6, 6.07) is 12.3. The van der Waals surface area contributed by atoms with Crippen molar-refractivity contribution >= 4 is 11.3 Å². The van der Waals surface area contributed by atoms with Crippen LogP contribution < -0.4 is 0 Å². The molecule has 1 atom stereocenters. The van der Waals surface area contributed by atoms with E-state index in [0.29, 0.717) is 0 Å². The first kappa shape index (κ1) is 13.3. The van der Waals surface area contributed by atoms with E-state index in [2.05, 4.69) is 39.8 Å². The largest absolute Gasteiger partial charge is 0.383 e. The van der Waals surface area contributed by atoms with Crippen LogP contribution in [0.2, 0.25) is 0 Å². The molecule has 0 saturated carbocycles. The van der Waals surface area contributed by atoms with Crippen molar-refractivity contribution in [2.75, 3.05) is 0 Å². The third kappa shape index (κ3) is 2.82. The lowest BCUT2D eigenvalue weighted by atomic mass is 9.86. The van der Waals surface area contributed by atoms with E-state index in [0.717, 1.165) is 10.4 Å². The van der Waals surface area contributed by atoms with E-state index in [1.807, 2.05) is 24.3 Å². The fraction of sp³-hybridized carbons (Fsp3) is 0.375. The maximum absolute atomic E-state index is 10.3. The molecule has 2 aromatic rings. The molecular formula is C16H20OS. The van der Waals surface area contributed by atoms with Gasteiger partial charge in [-0.15, -0.1) is 11.3 Å². The fourth-order valence-corrected chi connectivity index (χ4v) is 2.82. The molecule has 18 heavy (non-hydrogen) atoms. The van der Waals surface area contributed by atoms with Crippen LogP contribution in [0.3, 0.4) is 0 Å². The maximum atomic E-state index is 10.3. The Labute approximate surface area is 113 Å². The summed E-state index contributed by atoms with van der Waals surface area (Å²) in [6.45, 7) is 8.65. The molecule has 0 bridgehead atoms. The number of hydrogen-bond donors (Lipinski definition) is 1. The molecule has 96 valence electrons. The number of benzene rings is 1. The van der Waals surface area contributed by atoms with Crippen molar-refractivity contribution in [3.05, 3.63) is 57.3 Å². The molecule has 1 aromatic carbocycles. The van der Waals surface area contributed by atoms with Gasteiger partial charge in [0.05, 0.1) is 0 Å². The molecule has 0 aliphatic carbocycles. The van der Waals surface area contributed by atoms with E-state index in [4.69, 9.17) is 0 Å². The van der Waals surface area contributed by atoms with Gasteiger partial charge < -0.3 is 5.11 Å². The van der Waals surface area contributed by atoms with Gasteiger partial charge in [-0.05, 0) is 35.6 Å². The smallest absolute Gasteiger partial charge is 0.113 e. The molecule has 2 heteroatoms. The van der Waals surface area contributed by atoms with Gasteiger partial charge in [0.15, 0.2) is 0 Å². The zero-order chi connectivity index (χ0) is 13.3. The first-order valence-corrected chi connectivity index (χ1v) is 7.04. The molecule has 1 unspecified atom stereocenters. The molecule has 0 aliphatic rings. The maximum Gasteiger partial charge on any atom is 0.113 e. The molecule has 1 nitrogen and oxygen atoms in total. The number of hydrogen-bond acceptors (Lipinski definition) is 2. The van der Waals surface area contributed by atoms with Crippen molar-refractivity contribution in [1.29, 1.82) is 0 Å². The Morgan fingerprint density at radius 1 is 1.00 bits per heavy atom. The monoisotopic (exact) mass is 260 g/mol. The summed E-state index contributed by atoms with van der Waals surface area (Å²) >= 11 is 1.65. The molecule has 0 aliphatic heterocycles. The number of thiophene rings is 1. The molecule has 1 aromatic heterocycles. The van der Waals surface area contributed by atoms with Gasteiger partial charge in [0.25, 0.3) is 0 Å². The molecule has 1 heterocycles. The van der Waals surface area contributed by atoms with E-state index >= 15 is 0 Å². The minimum atomic E-state index is -0.502. The molecular weight excluding hydrogens is 240 g/mol. The number of aliphatic hydroxyl groups excluding tert-OH is 1. The second-order valence-electron chi connectivity index (χ2n) is 5.72. The van der Waals surface area contributed by atoms with Crippen molar-refractivity contribution in [2.24, 2.45) is 0 Å². The molecule has 0 saturated heterocycles. The summed E-state index contributed by atoms with van der Waals surface area (Å²) in [7, 11) is 0. The average Bonchev–Trinajstić information content (AvgIpc) is 2.74. The van der Waals surface area contributed by atoms with Crippen molar-refractivity contribution in [3.8, 4) is 0 Å². The Hall–Kier alpha value is -1.12. The highest BCUT2D eigenvalue weighted by Gasteiger charge is 2.16. The first-order chi connectivity index (χ1) is 8.38. The highest BCUT2D eigenvalue weighted by Crippen LogP contribution is 2.30. The first-order valence-electron chi connectivity index (χ1n) is 6.23. The SMILES string of the molecule is Cc1ccc(C(O)c2ccc(C(C)(C)C)cc2)s1. The van der Waals surface area contributed by atoms with E-state index < -0.39 is 6.10 Å².